The Morgan fingerprint density at radius 2 is 1.88 bits per heavy atom. The number of rotatable bonds is 7. The number of nitrogens with two attached hydrogens (primary N) is 1. The van der Waals surface area contributed by atoms with Crippen molar-refractivity contribution in [3.63, 3.8) is 0 Å². The SMILES string of the molecule is CCCC1(CNC(=O)C(N)(CC)CC)CC1. The topological polar surface area (TPSA) is 55.1 Å². The first kappa shape index (κ1) is 13.5. The van der Waals surface area contributed by atoms with Crippen molar-refractivity contribution >= 4 is 5.91 Å². The minimum atomic E-state index is -0.664. The van der Waals surface area contributed by atoms with Crippen LogP contribution in [0, 0.1) is 5.41 Å². The van der Waals surface area contributed by atoms with Gasteiger partial charge in [0.05, 0.1) is 5.54 Å². The van der Waals surface area contributed by atoms with Crippen molar-refractivity contribution in [2.45, 2.75) is 64.8 Å². The highest BCUT2D eigenvalue weighted by molar-refractivity contribution is 5.85. The molecule has 3 N–H and O–H groups in total. The molecule has 16 heavy (non-hydrogen) atoms. The minimum Gasteiger partial charge on any atom is -0.354 e. The lowest BCUT2D eigenvalue weighted by Crippen LogP contribution is -2.54. The highest BCUT2D eigenvalue weighted by Gasteiger charge is 2.42. The molecule has 1 amide bonds. The van der Waals surface area contributed by atoms with Gasteiger partial charge in [-0.05, 0) is 37.5 Å². The molecule has 0 bridgehead atoms. The molecule has 0 aromatic carbocycles. The van der Waals surface area contributed by atoms with Gasteiger partial charge in [-0.25, -0.2) is 0 Å². The van der Waals surface area contributed by atoms with Crippen LogP contribution in [0.5, 0.6) is 0 Å². The Hall–Kier alpha value is -0.570. The molecule has 3 nitrogen and oxygen atoms in total. The molecular weight excluding hydrogens is 200 g/mol. The first-order valence-corrected chi connectivity index (χ1v) is 6.59. The molecular formula is C13H26N2O. The van der Waals surface area contributed by atoms with Gasteiger partial charge in [0.25, 0.3) is 0 Å². The first-order valence-electron chi connectivity index (χ1n) is 6.59. The van der Waals surface area contributed by atoms with E-state index in [4.69, 9.17) is 5.73 Å². The molecule has 0 unspecified atom stereocenters. The zero-order chi connectivity index (χ0) is 12.2. The van der Waals surface area contributed by atoms with E-state index in [1.165, 1.54) is 25.7 Å². The third-order valence-corrected chi connectivity index (χ3v) is 4.08. The molecule has 94 valence electrons. The number of hydrogen-bond donors (Lipinski definition) is 2. The quantitative estimate of drug-likeness (QED) is 0.699. The van der Waals surface area contributed by atoms with E-state index < -0.39 is 5.54 Å². The van der Waals surface area contributed by atoms with Gasteiger partial charge in [-0.15, -0.1) is 0 Å². The average molecular weight is 226 g/mol. The second-order valence-electron chi connectivity index (χ2n) is 5.30. The fourth-order valence-electron chi connectivity index (χ4n) is 2.24. The molecule has 1 aliphatic carbocycles. The van der Waals surface area contributed by atoms with Crippen molar-refractivity contribution < 1.29 is 4.79 Å². The maximum Gasteiger partial charge on any atom is 0.240 e. The van der Waals surface area contributed by atoms with Crippen LogP contribution in [0.4, 0.5) is 0 Å². The van der Waals surface area contributed by atoms with Gasteiger partial charge < -0.3 is 11.1 Å². The van der Waals surface area contributed by atoms with E-state index in [0.29, 0.717) is 18.3 Å². The molecule has 3 heteroatoms. The van der Waals surface area contributed by atoms with Crippen LogP contribution in [0.2, 0.25) is 0 Å². The van der Waals surface area contributed by atoms with Crippen LogP contribution in [-0.2, 0) is 4.79 Å². The number of nitrogens with one attached hydrogen (secondary N) is 1. The van der Waals surface area contributed by atoms with Crippen molar-refractivity contribution in [2.24, 2.45) is 11.1 Å². The van der Waals surface area contributed by atoms with E-state index in [0.717, 1.165) is 6.54 Å². The lowest BCUT2D eigenvalue weighted by atomic mass is 9.92. The van der Waals surface area contributed by atoms with E-state index in [1.54, 1.807) is 0 Å². The maximum atomic E-state index is 12.0. The van der Waals surface area contributed by atoms with Crippen molar-refractivity contribution in [1.29, 1.82) is 0 Å². The molecule has 0 saturated heterocycles. The largest absolute Gasteiger partial charge is 0.354 e. The Balaban J connectivity index is 2.40. The second kappa shape index (κ2) is 5.17. The van der Waals surface area contributed by atoms with Crippen LogP contribution in [0.3, 0.4) is 0 Å². The van der Waals surface area contributed by atoms with Gasteiger partial charge in [-0.3, -0.25) is 4.79 Å². The second-order valence-corrected chi connectivity index (χ2v) is 5.30. The Bertz CT molecular complexity index is 242. The summed E-state index contributed by atoms with van der Waals surface area (Å²) in [6.07, 6.45) is 6.36. The van der Waals surface area contributed by atoms with Gasteiger partial charge in [-0.1, -0.05) is 27.2 Å². The molecule has 0 heterocycles. The normalized spacial score (nSPS) is 18.2. The average Bonchev–Trinajstić information content (AvgIpc) is 3.06. The first-order chi connectivity index (χ1) is 7.52. The number of carbonyl (C=O) groups excluding carboxylic acids is 1. The Kier molecular flexibility index (Phi) is 4.36. The van der Waals surface area contributed by atoms with Crippen LogP contribution >= 0.6 is 0 Å². The summed E-state index contributed by atoms with van der Waals surface area (Å²) < 4.78 is 0. The fraction of sp³-hybridized carbons (Fsp3) is 0.923. The molecule has 0 aliphatic heterocycles. The molecule has 0 spiro atoms. The third kappa shape index (κ3) is 2.97. The van der Waals surface area contributed by atoms with E-state index in [1.807, 2.05) is 13.8 Å². The molecule has 1 rings (SSSR count). The summed E-state index contributed by atoms with van der Waals surface area (Å²) in [6, 6.07) is 0. The highest BCUT2D eigenvalue weighted by Crippen LogP contribution is 2.48. The zero-order valence-corrected chi connectivity index (χ0v) is 10.9. The number of hydrogen-bond acceptors (Lipinski definition) is 2. The van der Waals surface area contributed by atoms with Crippen LogP contribution in [0.1, 0.15) is 59.3 Å². The van der Waals surface area contributed by atoms with Crippen molar-refractivity contribution in [3.8, 4) is 0 Å². The van der Waals surface area contributed by atoms with Crippen molar-refractivity contribution in [1.82, 2.24) is 5.32 Å². The Morgan fingerprint density at radius 1 is 1.31 bits per heavy atom. The van der Waals surface area contributed by atoms with E-state index in [9.17, 15) is 4.79 Å². The fourth-order valence-corrected chi connectivity index (χ4v) is 2.24. The lowest BCUT2D eigenvalue weighted by molar-refractivity contribution is -0.126. The molecule has 0 aromatic rings. The summed E-state index contributed by atoms with van der Waals surface area (Å²) in [5.41, 5.74) is 5.80. The standard InChI is InChI=1S/C13H26N2O/c1-4-7-12(8-9-12)10-15-11(16)13(14,5-2)6-3/h4-10,14H2,1-3H3,(H,15,16). The smallest absolute Gasteiger partial charge is 0.240 e. The van der Waals surface area contributed by atoms with Gasteiger partial charge in [-0.2, -0.15) is 0 Å². The summed E-state index contributed by atoms with van der Waals surface area (Å²) >= 11 is 0. The zero-order valence-electron chi connectivity index (χ0n) is 10.9. The van der Waals surface area contributed by atoms with Gasteiger partial charge >= 0.3 is 0 Å². The minimum absolute atomic E-state index is 0.0277. The van der Waals surface area contributed by atoms with Gasteiger partial charge in [0.2, 0.25) is 5.91 Å². The van der Waals surface area contributed by atoms with Crippen LogP contribution in [0.25, 0.3) is 0 Å². The Labute approximate surface area is 99.2 Å². The molecule has 1 aliphatic rings. The highest BCUT2D eigenvalue weighted by atomic mass is 16.2. The summed E-state index contributed by atoms with van der Waals surface area (Å²) in [5.74, 6) is 0.0277. The Morgan fingerprint density at radius 3 is 2.25 bits per heavy atom. The van der Waals surface area contributed by atoms with Crippen LogP contribution in [-0.4, -0.2) is 18.0 Å². The number of carbonyl (C=O) groups is 1. The van der Waals surface area contributed by atoms with Crippen molar-refractivity contribution in [3.05, 3.63) is 0 Å². The summed E-state index contributed by atoms with van der Waals surface area (Å²) in [4.78, 5) is 12.0. The predicted octanol–water partition coefficient (Wildman–Crippen LogP) is 2.20. The summed E-state index contributed by atoms with van der Waals surface area (Å²) in [7, 11) is 0. The lowest BCUT2D eigenvalue weighted by Gasteiger charge is -2.26. The van der Waals surface area contributed by atoms with E-state index in [2.05, 4.69) is 12.2 Å². The number of amides is 1. The summed E-state index contributed by atoms with van der Waals surface area (Å²) in [6.45, 7) is 6.97. The maximum absolute atomic E-state index is 12.0. The van der Waals surface area contributed by atoms with Crippen LogP contribution in [0.15, 0.2) is 0 Å². The van der Waals surface area contributed by atoms with E-state index >= 15 is 0 Å². The van der Waals surface area contributed by atoms with Crippen molar-refractivity contribution in [2.75, 3.05) is 6.54 Å². The van der Waals surface area contributed by atoms with Crippen LogP contribution < -0.4 is 11.1 Å². The molecule has 0 aromatic heterocycles. The molecule has 0 radical (unpaired) electrons. The molecule has 0 atom stereocenters. The van der Waals surface area contributed by atoms with Gasteiger partial charge in [0.1, 0.15) is 0 Å². The summed E-state index contributed by atoms with van der Waals surface area (Å²) in [5, 5.41) is 3.05. The van der Waals surface area contributed by atoms with Gasteiger partial charge in [0.15, 0.2) is 0 Å². The third-order valence-electron chi connectivity index (χ3n) is 4.08. The monoisotopic (exact) mass is 226 g/mol. The molecule has 1 saturated carbocycles. The molecule has 1 fully saturated rings. The predicted molar refractivity (Wildman–Crippen MR) is 67.1 cm³/mol. The van der Waals surface area contributed by atoms with E-state index in [-0.39, 0.29) is 5.91 Å². The van der Waals surface area contributed by atoms with Gasteiger partial charge in [0, 0.05) is 6.54 Å².